The molecule has 1 N–H and O–H groups in total. The standard InChI is InChI=1S/C27H32N2O2S/c1-22-6-5-20-29(22)21-18-24-9-11-25(12-10-24)26-13-15-27(16-14-26)32(30,31)28-19-17-23-7-3-2-4-8-23/h2-4,7-16,22,28H,5-6,17-21H2,1H3/t22-/m1/s1. The number of likely N-dealkylation sites (tertiary alicyclic amines) is 1. The summed E-state index contributed by atoms with van der Waals surface area (Å²) in [6.45, 7) is 5.03. The average molecular weight is 449 g/mol. The highest BCUT2D eigenvalue weighted by Crippen LogP contribution is 2.23. The summed E-state index contributed by atoms with van der Waals surface area (Å²) in [5.74, 6) is 0. The molecule has 1 heterocycles. The molecule has 1 aliphatic heterocycles. The molecule has 0 amide bonds. The zero-order valence-electron chi connectivity index (χ0n) is 18.7. The molecule has 4 nitrogen and oxygen atoms in total. The van der Waals surface area contributed by atoms with E-state index in [-0.39, 0.29) is 0 Å². The second-order valence-corrected chi connectivity index (χ2v) is 10.4. The molecule has 3 aromatic carbocycles. The van der Waals surface area contributed by atoms with Gasteiger partial charge in [0, 0.05) is 19.1 Å². The number of hydrogen-bond acceptors (Lipinski definition) is 3. The largest absolute Gasteiger partial charge is 0.300 e. The van der Waals surface area contributed by atoms with Gasteiger partial charge in [-0.2, -0.15) is 0 Å². The van der Waals surface area contributed by atoms with Crippen LogP contribution in [0.5, 0.6) is 0 Å². The third-order valence-corrected chi connectivity index (χ3v) is 7.86. The van der Waals surface area contributed by atoms with E-state index in [0.717, 1.165) is 29.7 Å². The fraction of sp³-hybridized carbons (Fsp3) is 0.333. The van der Waals surface area contributed by atoms with Gasteiger partial charge in [-0.05, 0) is 73.5 Å². The van der Waals surface area contributed by atoms with Crippen molar-refractivity contribution in [1.82, 2.24) is 9.62 Å². The highest BCUT2D eigenvalue weighted by molar-refractivity contribution is 7.89. The van der Waals surface area contributed by atoms with Crippen molar-refractivity contribution in [2.45, 2.75) is 43.5 Å². The van der Waals surface area contributed by atoms with Gasteiger partial charge in [0.1, 0.15) is 0 Å². The van der Waals surface area contributed by atoms with Gasteiger partial charge in [0.15, 0.2) is 0 Å². The van der Waals surface area contributed by atoms with Crippen molar-refractivity contribution in [3.05, 3.63) is 90.0 Å². The number of benzene rings is 3. The van der Waals surface area contributed by atoms with Crippen LogP contribution in [0.1, 0.15) is 30.9 Å². The maximum Gasteiger partial charge on any atom is 0.240 e. The van der Waals surface area contributed by atoms with E-state index < -0.39 is 10.0 Å². The first-order valence-electron chi connectivity index (χ1n) is 11.5. The van der Waals surface area contributed by atoms with Gasteiger partial charge in [0.25, 0.3) is 0 Å². The predicted octanol–water partition coefficient (Wildman–Crippen LogP) is 4.90. The van der Waals surface area contributed by atoms with Gasteiger partial charge >= 0.3 is 0 Å². The molecule has 1 saturated heterocycles. The van der Waals surface area contributed by atoms with Crippen molar-refractivity contribution >= 4 is 10.0 Å². The van der Waals surface area contributed by atoms with Gasteiger partial charge in [0.2, 0.25) is 10.0 Å². The molecular weight excluding hydrogens is 416 g/mol. The third-order valence-electron chi connectivity index (χ3n) is 6.38. The number of rotatable bonds is 9. The summed E-state index contributed by atoms with van der Waals surface area (Å²) < 4.78 is 27.9. The summed E-state index contributed by atoms with van der Waals surface area (Å²) in [4.78, 5) is 2.87. The lowest BCUT2D eigenvalue weighted by atomic mass is 10.0. The van der Waals surface area contributed by atoms with E-state index in [2.05, 4.69) is 40.8 Å². The summed E-state index contributed by atoms with van der Waals surface area (Å²) in [5.41, 5.74) is 4.58. The maximum atomic E-state index is 12.6. The van der Waals surface area contributed by atoms with Crippen LogP contribution in [0.4, 0.5) is 0 Å². The van der Waals surface area contributed by atoms with Gasteiger partial charge in [-0.25, -0.2) is 13.1 Å². The Morgan fingerprint density at radius 1 is 0.844 bits per heavy atom. The minimum Gasteiger partial charge on any atom is -0.300 e. The Hall–Kier alpha value is -2.47. The van der Waals surface area contributed by atoms with Crippen LogP contribution in [0, 0.1) is 0 Å². The van der Waals surface area contributed by atoms with E-state index in [1.165, 1.54) is 24.9 Å². The van der Waals surface area contributed by atoms with Crippen molar-refractivity contribution in [2.75, 3.05) is 19.6 Å². The van der Waals surface area contributed by atoms with E-state index in [1.807, 2.05) is 42.5 Å². The number of nitrogens with one attached hydrogen (secondary N) is 1. The van der Waals surface area contributed by atoms with Gasteiger partial charge in [-0.3, -0.25) is 0 Å². The lowest BCUT2D eigenvalue weighted by Gasteiger charge is -2.20. The number of hydrogen-bond donors (Lipinski definition) is 1. The number of nitrogens with zero attached hydrogens (tertiary/aromatic N) is 1. The van der Waals surface area contributed by atoms with Gasteiger partial charge < -0.3 is 4.90 Å². The van der Waals surface area contributed by atoms with E-state index in [1.54, 1.807) is 12.1 Å². The summed E-state index contributed by atoms with van der Waals surface area (Å²) in [5, 5.41) is 0. The SMILES string of the molecule is C[C@@H]1CCCN1CCc1ccc(-c2ccc(S(=O)(=O)NCCc3ccccc3)cc2)cc1. The first-order valence-corrected chi connectivity index (χ1v) is 13.0. The molecular formula is C27H32N2O2S. The van der Waals surface area contributed by atoms with Crippen LogP contribution in [0.15, 0.2) is 83.8 Å². The van der Waals surface area contributed by atoms with E-state index in [9.17, 15) is 8.42 Å². The molecule has 4 rings (SSSR count). The topological polar surface area (TPSA) is 49.4 Å². The van der Waals surface area contributed by atoms with Crippen molar-refractivity contribution < 1.29 is 8.42 Å². The molecule has 0 spiro atoms. The Morgan fingerprint density at radius 3 is 2.09 bits per heavy atom. The van der Waals surface area contributed by atoms with E-state index >= 15 is 0 Å². The van der Waals surface area contributed by atoms with Crippen LogP contribution in [0.2, 0.25) is 0 Å². The summed E-state index contributed by atoms with van der Waals surface area (Å²) >= 11 is 0. The zero-order chi connectivity index (χ0) is 22.4. The highest BCUT2D eigenvalue weighted by atomic mass is 32.2. The molecule has 168 valence electrons. The molecule has 3 aromatic rings. The third kappa shape index (κ3) is 5.85. The minimum atomic E-state index is -3.51. The van der Waals surface area contributed by atoms with Crippen LogP contribution >= 0.6 is 0 Å². The van der Waals surface area contributed by atoms with Crippen LogP contribution in [0.3, 0.4) is 0 Å². The van der Waals surface area contributed by atoms with Crippen LogP contribution in [0.25, 0.3) is 11.1 Å². The Morgan fingerprint density at radius 2 is 1.47 bits per heavy atom. The molecule has 0 unspecified atom stereocenters. The Labute approximate surface area is 192 Å². The molecule has 0 radical (unpaired) electrons. The summed E-state index contributed by atoms with van der Waals surface area (Å²) in [7, 11) is -3.51. The summed E-state index contributed by atoms with van der Waals surface area (Å²) in [6, 6.07) is 26.3. The molecule has 32 heavy (non-hydrogen) atoms. The Kier molecular flexibility index (Phi) is 7.40. The normalized spacial score (nSPS) is 17.0. The molecule has 0 bridgehead atoms. The zero-order valence-corrected chi connectivity index (χ0v) is 19.5. The molecule has 0 saturated carbocycles. The highest BCUT2D eigenvalue weighted by Gasteiger charge is 2.19. The number of sulfonamides is 1. The molecule has 0 aromatic heterocycles. The monoisotopic (exact) mass is 448 g/mol. The fourth-order valence-corrected chi connectivity index (χ4v) is 5.38. The van der Waals surface area contributed by atoms with Gasteiger partial charge in [-0.15, -0.1) is 0 Å². The lowest BCUT2D eigenvalue weighted by molar-refractivity contribution is 0.272. The molecule has 5 heteroatoms. The quantitative estimate of drug-likeness (QED) is 0.506. The average Bonchev–Trinajstić information content (AvgIpc) is 3.23. The van der Waals surface area contributed by atoms with E-state index in [4.69, 9.17) is 0 Å². The molecule has 1 atom stereocenters. The second kappa shape index (κ2) is 10.4. The first-order chi connectivity index (χ1) is 15.5. The van der Waals surface area contributed by atoms with Crippen molar-refractivity contribution in [3.8, 4) is 11.1 Å². The predicted molar refractivity (Wildman–Crippen MR) is 131 cm³/mol. The maximum absolute atomic E-state index is 12.6. The Bertz CT molecular complexity index is 1090. The van der Waals surface area contributed by atoms with Crippen LogP contribution in [-0.4, -0.2) is 39.0 Å². The van der Waals surface area contributed by atoms with Gasteiger partial charge in [0.05, 0.1) is 4.90 Å². The van der Waals surface area contributed by atoms with Crippen LogP contribution in [-0.2, 0) is 22.9 Å². The second-order valence-electron chi connectivity index (χ2n) is 8.63. The van der Waals surface area contributed by atoms with Gasteiger partial charge in [-0.1, -0.05) is 66.7 Å². The van der Waals surface area contributed by atoms with E-state index in [0.29, 0.717) is 23.9 Å². The smallest absolute Gasteiger partial charge is 0.240 e. The molecule has 0 aliphatic carbocycles. The molecule has 1 fully saturated rings. The Balaban J connectivity index is 1.33. The lowest BCUT2D eigenvalue weighted by Crippen LogP contribution is -2.28. The fourth-order valence-electron chi connectivity index (χ4n) is 4.35. The minimum absolute atomic E-state index is 0.297. The van der Waals surface area contributed by atoms with Crippen molar-refractivity contribution in [2.24, 2.45) is 0 Å². The van der Waals surface area contributed by atoms with Crippen LogP contribution < -0.4 is 4.72 Å². The summed E-state index contributed by atoms with van der Waals surface area (Å²) in [6.07, 6.45) is 4.36. The molecule has 1 aliphatic rings. The van der Waals surface area contributed by atoms with Crippen molar-refractivity contribution in [1.29, 1.82) is 0 Å². The van der Waals surface area contributed by atoms with Crippen molar-refractivity contribution in [3.63, 3.8) is 0 Å². The first kappa shape index (κ1) is 22.7.